The summed E-state index contributed by atoms with van der Waals surface area (Å²) in [7, 11) is 0. The number of carbonyl (C=O) groups is 1. The van der Waals surface area contributed by atoms with Crippen LogP contribution in [0.2, 0.25) is 0 Å². The van der Waals surface area contributed by atoms with E-state index in [2.05, 4.69) is 10.4 Å². The lowest BCUT2D eigenvalue weighted by Gasteiger charge is -2.33. The fraction of sp³-hybridized carbons (Fsp3) is 0.421. The molecule has 144 valence electrons. The smallest absolute Gasteiger partial charge is 0.351 e. The summed E-state index contributed by atoms with van der Waals surface area (Å²) in [5, 5.41) is 6.62. The number of carbonyl (C=O) groups excluding carboxylic acids is 1. The largest absolute Gasteiger partial charge is 0.393 e. The van der Waals surface area contributed by atoms with Gasteiger partial charge in [-0.15, -0.1) is 0 Å². The van der Waals surface area contributed by atoms with Crippen LogP contribution >= 0.6 is 0 Å². The Balaban J connectivity index is 1.73. The molecule has 3 rings (SSSR count). The van der Waals surface area contributed by atoms with Crippen molar-refractivity contribution < 1.29 is 18.0 Å². The van der Waals surface area contributed by atoms with E-state index in [4.69, 9.17) is 0 Å². The number of aromatic nitrogens is 2. The number of alkyl halides is 3. The van der Waals surface area contributed by atoms with E-state index in [-0.39, 0.29) is 12.8 Å². The fourth-order valence-corrected chi connectivity index (χ4v) is 3.41. The highest BCUT2D eigenvalue weighted by molar-refractivity contribution is 5.76. The summed E-state index contributed by atoms with van der Waals surface area (Å²) in [4.78, 5) is 24.3. The molecule has 2 atom stereocenters. The molecule has 1 N–H and O–H groups in total. The van der Waals surface area contributed by atoms with E-state index in [0.29, 0.717) is 18.5 Å². The van der Waals surface area contributed by atoms with Gasteiger partial charge < -0.3 is 5.32 Å². The highest BCUT2D eigenvalue weighted by atomic mass is 19.4. The summed E-state index contributed by atoms with van der Waals surface area (Å²) in [6.07, 6.45) is -2.92. The van der Waals surface area contributed by atoms with Gasteiger partial charge in [-0.1, -0.05) is 43.2 Å². The summed E-state index contributed by atoms with van der Waals surface area (Å²) in [5.74, 6) is -2.19. The van der Waals surface area contributed by atoms with E-state index in [9.17, 15) is 22.8 Å². The highest BCUT2D eigenvalue weighted by Gasteiger charge is 2.45. The van der Waals surface area contributed by atoms with Gasteiger partial charge in [0.2, 0.25) is 5.91 Å². The van der Waals surface area contributed by atoms with Gasteiger partial charge in [-0.3, -0.25) is 9.59 Å². The van der Waals surface area contributed by atoms with Crippen molar-refractivity contribution in [1.82, 2.24) is 15.1 Å². The summed E-state index contributed by atoms with van der Waals surface area (Å²) in [6.45, 7) is -0.416. The van der Waals surface area contributed by atoms with E-state index >= 15 is 0 Å². The first-order chi connectivity index (χ1) is 12.8. The quantitative estimate of drug-likeness (QED) is 0.888. The molecule has 1 aromatic heterocycles. The lowest BCUT2D eigenvalue weighted by Crippen LogP contribution is -2.49. The van der Waals surface area contributed by atoms with E-state index < -0.39 is 36.1 Å². The van der Waals surface area contributed by atoms with Crippen LogP contribution < -0.4 is 10.9 Å². The summed E-state index contributed by atoms with van der Waals surface area (Å²) in [5.41, 5.74) is 0.797. The third-order valence-corrected chi connectivity index (χ3v) is 4.76. The Labute approximate surface area is 154 Å². The molecule has 8 heteroatoms. The Morgan fingerprint density at radius 2 is 1.81 bits per heavy atom. The second kappa shape index (κ2) is 7.94. The van der Waals surface area contributed by atoms with Gasteiger partial charge in [0.1, 0.15) is 6.54 Å². The van der Waals surface area contributed by atoms with Gasteiger partial charge in [-0.05, 0) is 18.9 Å². The molecule has 0 aliphatic heterocycles. The van der Waals surface area contributed by atoms with Crippen molar-refractivity contribution in [3.63, 3.8) is 0 Å². The maximum absolute atomic E-state index is 13.2. The predicted molar refractivity (Wildman–Crippen MR) is 93.9 cm³/mol. The van der Waals surface area contributed by atoms with E-state index in [1.807, 2.05) is 30.3 Å². The average Bonchev–Trinajstić information content (AvgIpc) is 2.64. The molecule has 0 radical (unpaired) electrons. The monoisotopic (exact) mass is 379 g/mol. The molecule has 1 saturated carbocycles. The molecule has 5 nitrogen and oxygen atoms in total. The van der Waals surface area contributed by atoms with Crippen molar-refractivity contribution >= 4 is 5.91 Å². The minimum Gasteiger partial charge on any atom is -0.351 e. The number of amides is 1. The van der Waals surface area contributed by atoms with Gasteiger partial charge in [0.25, 0.3) is 5.56 Å². The van der Waals surface area contributed by atoms with Crippen molar-refractivity contribution in [1.29, 1.82) is 0 Å². The van der Waals surface area contributed by atoms with Crippen LogP contribution in [0.25, 0.3) is 11.3 Å². The molecule has 1 aliphatic rings. The van der Waals surface area contributed by atoms with Gasteiger partial charge in [0.15, 0.2) is 0 Å². The minimum absolute atomic E-state index is 0.0101. The summed E-state index contributed by atoms with van der Waals surface area (Å²) < 4.78 is 40.4. The molecular weight excluding hydrogens is 359 g/mol. The standard InChI is InChI=1S/C19H20F3N3O2/c20-19(21,22)14-8-4-5-9-16(14)23-17(26)12-25-18(27)11-10-15(24-25)13-6-2-1-3-7-13/h1-3,6-7,10-11,14,16H,4-5,8-9,12H2,(H,23,26). The first-order valence-corrected chi connectivity index (χ1v) is 8.84. The number of nitrogens with zero attached hydrogens (tertiary/aromatic N) is 2. The molecule has 1 aliphatic carbocycles. The molecule has 0 spiro atoms. The highest BCUT2D eigenvalue weighted by Crippen LogP contribution is 2.37. The molecule has 2 unspecified atom stereocenters. The van der Waals surface area contributed by atoms with Crippen LogP contribution in [-0.4, -0.2) is 27.9 Å². The first-order valence-electron chi connectivity index (χ1n) is 8.84. The molecule has 1 aromatic carbocycles. The Bertz CT molecular complexity index is 849. The Morgan fingerprint density at radius 1 is 1.11 bits per heavy atom. The third kappa shape index (κ3) is 4.75. The van der Waals surface area contributed by atoms with Gasteiger partial charge in [0, 0.05) is 17.7 Å². The van der Waals surface area contributed by atoms with Gasteiger partial charge in [-0.25, -0.2) is 4.68 Å². The fourth-order valence-electron chi connectivity index (χ4n) is 3.41. The molecule has 0 saturated heterocycles. The third-order valence-electron chi connectivity index (χ3n) is 4.76. The molecule has 1 fully saturated rings. The molecular formula is C19H20F3N3O2. The van der Waals surface area contributed by atoms with Crippen LogP contribution in [0.4, 0.5) is 13.2 Å². The van der Waals surface area contributed by atoms with E-state index in [1.54, 1.807) is 6.07 Å². The van der Waals surface area contributed by atoms with E-state index in [0.717, 1.165) is 10.2 Å². The maximum atomic E-state index is 13.2. The number of rotatable bonds is 4. The zero-order chi connectivity index (χ0) is 19.4. The molecule has 2 aromatic rings. The summed E-state index contributed by atoms with van der Waals surface area (Å²) in [6, 6.07) is 11.0. The zero-order valence-electron chi connectivity index (χ0n) is 14.6. The van der Waals surface area contributed by atoms with Crippen LogP contribution in [-0.2, 0) is 11.3 Å². The van der Waals surface area contributed by atoms with Gasteiger partial charge in [0.05, 0.1) is 11.6 Å². The topological polar surface area (TPSA) is 64.0 Å². The van der Waals surface area contributed by atoms with Crippen LogP contribution in [0, 0.1) is 5.92 Å². The average molecular weight is 379 g/mol. The normalized spacial score (nSPS) is 20.3. The lowest BCUT2D eigenvalue weighted by molar-refractivity contribution is -0.189. The summed E-state index contributed by atoms with van der Waals surface area (Å²) >= 11 is 0. The van der Waals surface area contributed by atoms with Crippen LogP contribution in [0.1, 0.15) is 25.7 Å². The molecule has 1 amide bonds. The number of hydrogen-bond donors (Lipinski definition) is 1. The zero-order valence-corrected chi connectivity index (χ0v) is 14.6. The van der Waals surface area contributed by atoms with Crippen molar-refractivity contribution in [2.24, 2.45) is 5.92 Å². The SMILES string of the molecule is O=C(Cn1nc(-c2ccccc2)ccc1=O)NC1CCCCC1C(F)(F)F. The lowest BCUT2D eigenvalue weighted by atomic mass is 9.84. The Hall–Kier alpha value is -2.64. The van der Waals surface area contributed by atoms with Gasteiger partial charge in [-0.2, -0.15) is 18.3 Å². The number of nitrogens with one attached hydrogen (secondary N) is 1. The first kappa shape index (κ1) is 19.1. The molecule has 27 heavy (non-hydrogen) atoms. The maximum Gasteiger partial charge on any atom is 0.393 e. The number of hydrogen-bond acceptors (Lipinski definition) is 3. The Kier molecular flexibility index (Phi) is 5.62. The predicted octanol–water partition coefficient (Wildman–Crippen LogP) is 3.15. The number of halogens is 3. The second-order valence-electron chi connectivity index (χ2n) is 6.69. The minimum atomic E-state index is -4.35. The van der Waals surface area contributed by atoms with Crippen LogP contribution in [0.15, 0.2) is 47.3 Å². The van der Waals surface area contributed by atoms with E-state index in [1.165, 1.54) is 6.07 Å². The molecule has 1 heterocycles. The second-order valence-corrected chi connectivity index (χ2v) is 6.69. The van der Waals surface area contributed by atoms with Crippen molar-refractivity contribution in [2.75, 3.05) is 0 Å². The van der Waals surface area contributed by atoms with Crippen LogP contribution in [0.3, 0.4) is 0 Å². The van der Waals surface area contributed by atoms with Gasteiger partial charge >= 0.3 is 6.18 Å². The van der Waals surface area contributed by atoms with Crippen molar-refractivity contribution in [3.8, 4) is 11.3 Å². The van der Waals surface area contributed by atoms with Crippen LogP contribution in [0.5, 0.6) is 0 Å². The van der Waals surface area contributed by atoms with Crippen molar-refractivity contribution in [3.05, 3.63) is 52.8 Å². The molecule has 0 bridgehead atoms. The Morgan fingerprint density at radius 3 is 2.52 bits per heavy atom. The number of benzene rings is 1. The van der Waals surface area contributed by atoms with Crippen molar-refractivity contribution in [2.45, 2.75) is 44.4 Å².